The number of benzene rings is 1. The van der Waals surface area contributed by atoms with E-state index < -0.39 is 40.0 Å². The van der Waals surface area contributed by atoms with Crippen LogP contribution in [-0.4, -0.2) is 39.3 Å². The van der Waals surface area contributed by atoms with Crippen molar-refractivity contribution in [3.05, 3.63) is 63.7 Å². The van der Waals surface area contributed by atoms with Crippen LogP contribution in [-0.2, 0) is 0 Å². The SMILES string of the molecule is NC12CC(CN(c3nc4c(cc3F)c(=O)c(C(=O)O)cn4-c3ccc(F)cc3F)C1)C2. The minimum Gasteiger partial charge on any atom is -0.477 e. The lowest BCUT2D eigenvalue weighted by atomic mass is 9.65. The molecule has 0 spiro atoms. The van der Waals surface area contributed by atoms with Gasteiger partial charge in [0.15, 0.2) is 17.3 Å². The Bertz CT molecular complexity index is 1320. The Morgan fingerprint density at radius 3 is 2.58 bits per heavy atom. The van der Waals surface area contributed by atoms with E-state index in [1.807, 2.05) is 0 Å². The molecule has 2 aromatic heterocycles. The molecule has 4 heterocycles. The molecule has 0 atom stereocenters. The number of piperidine rings is 2. The lowest BCUT2D eigenvalue weighted by molar-refractivity contribution is 0.0695. The number of fused-ring (bicyclic) bond motifs is 3. The van der Waals surface area contributed by atoms with Gasteiger partial charge in [0.05, 0.1) is 11.1 Å². The lowest BCUT2D eigenvalue weighted by Crippen LogP contribution is -2.66. The van der Waals surface area contributed by atoms with Crippen LogP contribution in [0.15, 0.2) is 35.3 Å². The number of pyridine rings is 2. The third kappa shape index (κ3) is 3.05. The van der Waals surface area contributed by atoms with Crippen LogP contribution in [0.4, 0.5) is 19.0 Å². The molecular weight excluding hydrogens is 413 g/mol. The zero-order valence-electron chi connectivity index (χ0n) is 16.1. The third-order valence-corrected chi connectivity index (χ3v) is 5.99. The minimum atomic E-state index is -1.56. The van der Waals surface area contributed by atoms with Crippen LogP contribution in [0.2, 0.25) is 0 Å². The molecule has 6 rings (SSSR count). The highest BCUT2D eigenvalue weighted by molar-refractivity contribution is 5.92. The molecule has 0 amide bonds. The lowest BCUT2D eigenvalue weighted by Gasteiger charge is -2.54. The fourth-order valence-electron chi connectivity index (χ4n) is 4.71. The molecule has 2 bridgehead atoms. The first-order valence-corrected chi connectivity index (χ1v) is 9.64. The van der Waals surface area contributed by atoms with E-state index in [-0.39, 0.29) is 22.5 Å². The fourth-order valence-corrected chi connectivity index (χ4v) is 4.71. The molecule has 3 N–H and O–H groups in total. The monoisotopic (exact) mass is 430 g/mol. The van der Waals surface area contributed by atoms with Crippen LogP contribution in [0.1, 0.15) is 23.2 Å². The van der Waals surface area contributed by atoms with Crippen molar-refractivity contribution in [2.24, 2.45) is 11.7 Å². The molecule has 1 saturated carbocycles. The van der Waals surface area contributed by atoms with E-state index in [4.69, 9.17) is 5.73 Å². The van der Waals surface area contributed by atoms with Crippen molar-refractivity contribution >= 4 is 22.8 Å². The largest absolute Gasteiger partial charge is 0.477 e. The standard InChI is InChI=1S/C21H17F3N4O3/c22-11-1-2-16(14(23)3-11)28-8-13(20(30)31)17(29)12-4-15(24)19(26-18(12)28)27-7-10-5-21(25,6-10)9-27/h1-4,8,10H,5-7,9,25H2,(H,30,31). The number of carbonyl (C=O) groups is 1. The average Bonchev–Trinajstić information content (AvgIpc) is 2.67. The number of hydrogen-bond acceptors (Lipinski definition) is 5. The summed E-state index contributed by atoms with van der Waals surface area (Å²) in [5.74, 6) is -3.93. The summed E-state index contributed by atoms with van der Waals surface area (Å²) in [6, 6.07) is 3.62. The number of halogens is 3. The number of aromatic carboxylic acids is 1. The minimum absolute atomic E-state index is 0.0505. The van der Waals surface area contributed by atoms with Gasteiger partial charge in [0.1, 0.15) is 17.2 Å². The van der Waals surface area contributed by atoms with Gasteiger partial charge in [-0.05, 0) is 37.0 Å². The van der Waals surface area contributed by atoms with Crippen LogP contribution in [0, 0.1) is 23.4 Å². The van der Waals surface area contributed by atoms with E-state index >= 15 is 0 Å². The Kier molecular flexibility index (Phi) is 4.13. The van der Waals surface area contributed by atoms with E-state index in [1.165, 1.54) is 0 Å². The number of hydrogen-bond donors (Lipinski definition) is 2. The quantitative estimate of drug-likeness (QED) is 0.662. The number of anilines is 1. The Balaban J connectivity index is 1.77. The number of carboxylic acid groups (broad SMARTS) is 1. The molecule has 3 aromatic rings. The van der Waals surface area contributed by atoms with Crippen LogP contribution in [0.5, 0.6) is 0 Å². The summed E-state index contributed by atoms with van der Waals surface area (Å²) >= 11 is 0. The van der Waals surface area contributed by atoms with E-state index in [9.17, 15) is 27.9 Å². The maximum absolute atomic E-state index is 15.0. The first kappa shape index (κ1) is 19.6. The third-order valence-electron chi connectivity index (χ3n) is 5.99. The topological polar surface area (TPSA) is 101 Å². The summed E-state index contributed by atoms with van der Waals surface area (Å²) in [7, 11) is 0. The fraction of sp³-hybridized carbons (Fsp3) is 0.286. The number of rotatable bonds is 3. The Morgan fingerprint density at radius 2 is 1.94 bits per heavy atom. The van der Waals surface area contributed by atoms with E-state index in [2.05, 4.69) is 4.98 Å². The number of carboxylic acids is 1. The first-order chi connectivity index (χ1) is 14.6. The van der Waals surface area contributed by atoms with Gasteiger partial charge in [0.25, 0.3) is 0 Å². The second-order valence-electron chi connectivity index (χ2n) is 8.32. The first-order valence-electron chi connectivity index (χ1n) is 9.64. The van der Waals surface area contributed by atoms with Crippen molar-refractivity contribution in [2.45, 2.75) is 18.4 Å². The molecule has 1 aromatic carbocycles. The van der Waals surface area contributed by atoms with Crippen LogP contribution in [0.25, 0.3) is 16.7 Å². The van der Waals surface area contributed by atoms with E-state index in [1.54, 1.807) is 4.90 Å². The second kappa shape index (κ2) is 6.55. The van der Waals surface area contributed by atoms with Crippen molar-refractivity contribution in [3.8, 4) is 5.69 Å². The Hall–Kier alpha value is -3.40. The number of nitrogens with zero attached hydrogens (tertiary/aromatic N) is 3. The molecule has 160 valence electrons. The van der Waals surface area contributed by atoms with E-state index in [0.29, 0.717) is 25.1 Å². The zero-order valence-corrected chi connectivity index (χ0v) is 16.1. The van der Waals surface area contributed by atoms with Gasteiger partial charge >= 0.3 is 5.97 Å². The summed E-state index contributed by atoms with van der Waals surface area (Å²) in [5, 5.41) is 9.07. The molecule has 3 aliphatic rings. The average molecular weight is 430 g/mol. The highest BCUT2D eigenvalue weighted by Gasteiger charge is 2.48. The van der Waals surface area contributed by atoms with Gasteiger partial charge in [-0.2, -0.15) is 0 Å². The Labute approximate surface area is 173 Å². The van der Waals surface area contributed by atoms with Crippen molar-refractivity contribution in [2.75, 3.05) is 18.0 Å². The summed E-state index contributed by atoms with van der Waals surface area (Å²) in [6.07, 6.45) is 2.59. The second-order valence-corrected chi connectivity index (χ2v) is 8.32. The molecule has 1 aliphatic carbocycles. The maximum Gasteiger partial charge on any atom is 0.341 e. The summed E-state index contributed by atoms with van der Waals surface area (Å²) in [5.41, 5.74) is 3.84. The molecule has 31 heavy (non-hydrogen) atoms. The number of aromatic nitrogens is 2. The molecule has 10 heteroatoms. The highest BCUT2D eigenvalue weighted by atomic mass is 19.1. The normalized spacial score (nSPS) is 22.5. The summed E-state index contributed by atoms with van der Waals surface area (Å²) in [6.45, 7) is 0.915. The summed E-state index contributed by atoms with van der Waals surface area (Å²) in [4.78, 5) is 30.2. The van der Waals surface area contributed by atoms with Crippen molar-refractivity contribution in [3.63, 3.8) is 0 Å². The van der Waals surface area contributed by atoms with Crippen molar-refractivity contribution < 1.29 is 23.1 Å². The molecule has 7 nitrogen and oxygen atoms in total. The molecule has 0 unspecified atom stereocenters. The van der Waals surface area contributed by atoms with Crippen LogP contribution < -0.4 is 16.1 Å². The predicted molar refractivity (Wildman–Crippen MR) is 106 cm³/mol. The van der Waals surface area contributed by atoms with Gasteiger partial charge in [0, 0.05) is 30.9 Å². The zero-order chi connectivity index (χ0) is 22.1. The maximum atomic E-state index is 15.0. The van der Waals surface area contributed by atoms with Crippen LogP contribution in [0.3, 0.4) is 0 Å². The van der Waals surface area contributed by atoms with Gasteiger partial charge < -0.3 is 15.7 Å². The van der Waals surface area contributed by atoms with Gasteiger partial charge in [-0.3, -0.25) is 9.36 Å². The highest BCUT2D eigenvalue weighted by Crippen LogP contribution is 2.43. The molecular formula is C21H17F3N4O3. The van der Waals surface area contributed by atoms with Gasteiger partial charge in [-0.25, -0.2) is 22.9 Å². The molecule has 0 radical (unpaired) electrons. The van der Waals surface area contributed by atoms with Gasteiger partial charge in [-0.15, -0.1) is 0 Å². The molecule has 2 aliphatic heterocycles. The number of nitrogens with two attached hydrogens (primary N) is 1. The molecule has 3 fully saturated rings. The van der Waals surface area contributed by atoms with Crippen molar-refractivity contribution in [1.29, 1.82) is 0 Å². The Morgan fingerprint density at radius 1 is 1.19 bits per heavy atom. The predicted octanol–water partition coefficient (Wildman–Crippen LogP) is 2.43. The van der Waals surface area contributed by atoms with E-state index in [0.717, 1.165) is 41.8 Å². The smallest absolute Gasteiger partial charge is 0.341 e. The van der Waals surface area contributed by atoms with Crippen molar-refractivity contribution in [1.82, 2.24) is 9.55 Å². The van der Waals surface area contributed by atoms with Gasteiger partial charge in [-0.1, -0.05) is 0 Å². The molecule has 2 saturated heterocycles. The van der Waals surface area contributed by atoms with Crippen LogP contribution >= 0.6 is 0 Å². The summed E-state index contributed by atoms with van der Waals surface area (Å²) < 4.78 is 43.9. The van der Waals surface area contributed by atoms with Gasteiger partial charge in [0.2, 0.25) is 5.43 Å².